The van der Waals surface area contributed by atoms with Crippen LogP contribution in [0.5, 0.6) is 0 Å². The van der Waals surface area contributed by atoms with Crippen LogP contribution in [0.15, 0.2) is 17.5 Å². The average molecular weight is 338 g/mol. The summed E-state index contributed by atoms with van der Waals surface area (Å²) in [5.41, 5.74) is 1.02. The molecule has 0 aliphatic rings. The van der Waals surface area contributed by atoms with Gasteiger partial charge in [0.2, 0.25) is 5.91 Å². The van der Waals surface area contributed by atoms with E-state index in [1.807, 2.05) is 23.6 Å². The van der Waals surface area contributed by atoms with E-state index in [0.717, 1.165) is 17.4 Å². The van der Waals surface area contributed by atoms with Gasteiger partial charge in [-0.15, -0.1) is 22.7 Å². The van der Waals surface area contributed by atoms with Crippen molar-refractivity contribution in [3.63, 3.8) is 0 Å². The van der Waals surface area contributed by atoms with Gasteiger partial charge in [0.05, 0.1) is 5.69 Å². The Morgan fingerprint density at radius 1 is 1.41 bits per heavy atom. The number of aromatic nitrogens is 1. The lowest BCUT2D eigenvalue weighted by Gasteiger charge is -2.22. The van der Waals surface area contributed by atoms with E-state index in [0.29, 0.717) is 12.6 Å². The number of aryl methyl sites for hydroxylation is 1. The van der Waals surface area contributed by atoms with Crippen LogP contribution < -0.4 is 4.90 Å². The molecule has 0 fully saturated rings. The van der Waals surface area contributed by atoms with Crippen LogP contribution in [0.4, 0.5) is 5.13 Å². The largest absolute Gasteiger partial charge is 0.293 e. The molecule has 0 saturated carbocycles. The van der Waals surface area contributed by atoms with Gasteiger partial charge in [0.15, 0.2) is 5.13 Å². The Kier molecular flexibility index (Phi) is 5.72. The number of carbonyl (C=O) groups is 1. The molecular formula is C16H23N3OS2. The van der Waals surface area contributed by atoms with E-state index in [1.54, 1.807) is 11.8 Å². The summed E-state index contributed by atoms with van der Waals surface area (Å²) in [5, 5.41) is 2.84. The molecule has 0 radical (unpaired) electrons. The van der Waals surface area contributed by atoms with Gasteiger partial charge in [0.1, 0.15) is 0 Å². The van der Waals surface area contributed by atoms with E-state index < -0.39 is 0 Å². The van der Waals surface area contributed by atoms with Crippen LogP contribution in [-0.4, -0.2) is 29.4 Å². The van der Waals surface area contributed by atoms with Crippen LogP contribution in [0, 0.1) is 6.92 Å². The van der Waals surface area contributed by atoms with Gasteiger partial charge in [-0.2, -0.15) is 0 Å². The lowest BCUT2D eigenvalue weighted by Crippen LogP contribution is -2.28. The summed E-state index contributed by atoms with van der Waals surface area (Å²) in [5.74, 6) is 0.0409. The maximum absolute atomic E-state index is 11.6. The predicted molar refractivity (Wildman–Crippen MR) is 94.8 cm³/mol. The topological polar surface area (TPSA) is 36.4 Å². The molecule has 0 aliphatic carbocycles. The molecule has 2 aromatic rings. The molecule has 2 heterocycles. The van der Waals surface area contributed by atoms with Crippen molar-refractivity contribution in [2.24, 2.45) is 0 Å². The van der Waals surface area contributed by atoms with Gasteiger partial charge in [0.25, 0.3) is 0 Å². The molecular weight excluding hydrogens is 314 g/mol. The summed E-state index contributed by atoms with van der Waals surface area (Å²) in [6.45, 7) is 9.34. The molecule has 0 N–H and O–H groups in total. The fourth-order valence-corrected chi connectivity index (χ4v) is 4.19. The summed E-state index contributed by atoms with van der Waals surface area (Å²) < 4.78 is 0. The van der Waals surface area contributed by atoms with Gasteiger partial charge in [-0.3, -0.25) is 14.6 Å². The molecule has 0 bridgehead atoms. The van der Waals surface area contributed by atoms with E-state index >= 15 is 0 Å². The molecule has 2 rings (SSSR count). The van der Waals surface area contributed by atoms with Gasteiger partial charge in [0, 0.05) is 41.2 Å². The van der Waals surface area contributed by atoms with Gasteiger partial charge in [-0.1, -0.05) is 0 Å². The first-order valence-electron chi connectivity index (χ1n) is 7.41. The maximum Gasteiger partial charge on any atom is 0.225 e. The number of amides is 1. The molecule has 6 heteroatoms. The number of anilines is 1. The van der Waals surface area contributed by atoms with Crippen LogP contribution in [-0.2, 0) is 11.3 Å². The summed E-state index contributed by atoms with van der Waals surface area (Å²) >= 11 is 3.37. The molecule has 1 amide bonds. The maximum atomic E-state index is 11.6. The summed E-state index contributed by atoms with van der Waals surface area (Å²) in [4.78, 5) is 22.9. The van der Waals surface area contributed by atoms with E-state index in [1.165, 1.54) is 21.1 Å². The number of thiazole rings is 1. The second kappa shape index (κ2) is 7.35. The number of hydrogen-bond acceptors (Lipinski definition) is 5. The van der Waals surface area contributed by atoms with E-state index in [4.69, 9.17) is 0 Å². The lowest BCUT2D eigenvalue weighted by atomic mass is 10.2. The standard InChI is InChI=1S/C16H23N3OS2/c1-6-19(13(4)20)16-17-14(10-21-16)9-18(5)12(3)15-8-7-11(2)22-15/h7-8,10,12H,6,9H2,1-5H3/t12-/m1/s1. The van der Waals surface area contributed by atoms with E-state index in [2.05, 4.69) is 42.9 Å². The van der Waals surface area contributed by atoms with Crippen molar-refractivity contribution in [3.8, 4) is 0 Å². The highest BCUT2D eigenvalue weighted by Gasteiger charge is 2.17. The highest BCUT2D eigenvalue weighted by molar-refractivity contribution is 7.14. The second-order valence-corrected chi connectivity index (χ2v) is 7.58. The van der Waals surface area contributed by atoms with E-state index in [9.17, 15) is 4.79 Å². The van der Waals surface area contributed by atoms with Crippen LogP contribution in [0.3, 0.4) is 0 Å². The Balaban J connectivity index is 2.04. The van der Waals surface area contributed by atoms with Crippen LogP contribution in [0.25, 0.3) is 0 Å². The number of hydrogen-bond donors (Lipinski definition) is 0. The highest BCUT2D eigenvalue weighted by Crippen LogP contribution is 2.28. The zero-order valence-corrected chi connectivity index (χ0v) is 15.4. The molecule has 22 heavy (non-hydrogen) atoms. The number of rotatable bonds is 6. The minimum atomic E-state index is 0.0409. The molecule has 0 saturated heterocycles. The van der Waals surface area contributed by atoms with Gasteiger partial charge in [-0.25, -0.2) is 4.98 Å². The average Bonchev–Trinajstić information content (AvgIpc) is 3.08. The Bertz CT molecular complexity index is 635. The first kappa shape index (κ1) is 17.1. The molecule has 1 atom stereocenters. The highest BCUT2D eigenvalue weighted by atomic mass is 32.1. The molecule has 0 aromatic carbocycles. The van der Waals surface area contributed by atoms with Gasteiger partial charge in [-0.05, 0) is 40.0 Å². The Morgan fingerprint density at radius 2 is 2.14 bits per heavy atom. The quantitative estimate of drug-likeness (QED) is 0.797. The fraction of sp³-hybridized carbons (Fsp3) is 0.500. The van der Waals surface area contributed by atoms with Crippen molar-refractivity contribution in [2.75, 3.05) is 18.5 Å². The van der Waals surface area contributed by atoms with Crippen LogP contribution in [0.2, 0.25) is 0 Å². The number of thiophene rings is 1. The molecule has 0 unspecified atom stereocenters. The Hall–Kier alpha value is -1.24. The molecule has 0 spiro atoms. The normalized spacial score (nSPS) is 12.6. The minimum absolute atomic E-state index is 0.0409. The first-order valence-corrected chi connectivity index (χ1v) is 9.11. The zero-order valence-electron chi connectivity index (χ0n) is 13.8. The second-order valence-electron chi connectivity index (χ2n) is 5.42. The van der Waals surface area contributed by atoms with Crippen molar-refractivity contribution in [2.45, 2.75) is 40.3 Å². The third-order valence-corrected chi connectivity index (χ3v) is 5.80. The predicted octanol–water partition coefficient (Wildman–Crippen LogP) is 4.08. The lowest BCUT2D eigenvalue weighted by molar-refractivity contribution is -0.116. The number of carbonyl (C=O) groups excluding carboxylic acids is 1. The van der Waals surface area contributed by atoms with Crippen molar-refractivity contribution in [3.05, 3.63) is 33.0 Å². The molecule has 120 valence electrons. The molecule has 4 nitrogen and oxygen atoms in total. The van der Waals surface area contributed by atoms with Crippen molar-refractivity contribution >= 4 is 33.7 Å². The van der Waals surface area contributed by atoms with Gasteiger partial charge >= 0.3 is 0 Å². The third kappa shape index (κ3) is 3.94. The number of nitrogens with zero attached hydrogens (tertiary/aromatic N) is 3. The summed E-state index contributed by atoms with van der Waals surface area (Å²) in [6, 6.07) is 4.72. The monoisotopic (exact) mass is 337 g/mol. The van der Waals surface area contributed by atoms with Crippen molar-refractivity contribution < 1.29 is 4.79 Å². The molecule has 0 aliphatic heterocycles. The Labute approximate surface area is 140 Å². The molecule has 2 aromatic heterocycles. The van der Waals surface area contributed by atoms with Crippen molar-refractivity contribution in [1.29, 1.82) is 0 Å². The van der Waals surface area contributed by atoms with E-state index in [-0.39, 0.29) is 5.91 Å². The van der Waals surface area contributed by atoms with Crippen LogP contribution in [0.1, 0.15) is 42.3 Å². The SMILES string of the molecule is CCN(C(C)=O)c1nc(CN(C)[C@H](C)c2ccc(C)s2)cs1. The van der Waals surface area contributed by atoms with Crippen molar-refractivity contribution in [1.82, 2.24) is 9.88 Å². The zero-order chi connectivity index (χ0) is 16.3. The van der Waals surface area contributed by atoms with Crippen LogP contribution >= 0.6 is 22.7 Å². The first-order chi connectivity index (χ1) is 10.4. The fourth-order valence-electron chi connectivity index (χ4n) is 2.27. The third-order valence-electron chi connectivity index (χ3n) is 3.71. The minimum Gasteiger partial charge on any atom is -0.293 e. The summed E-state index contributed by atoms with van der Waals surface area (Å²) in [7, 11) is 2.11. The Morgan fingerprint density at radius 3 is 2.68 bits per heavy atom. The summed E-state index contributed by atoms with van der Waals surface area (Å²) in [6.07, 6.45) is 0. The smallest absolute Gasteiger partial charge is 0.225 e. The van der Waals surface area contributed by atoms with Gasteiger partial charge < -0.3 is 0 Å².